The molecular weight excluding hydrogens is 268 g/mol. The second-order valence-corrected chi connectivity index (χ2v) is 4.64. The van der Waals surface area contributed by atoms with Crippen LogP contribution in [0.15, 0.2) is 21.5 Å². The van der Waals surface area contributed by atoms with Gasteiger partial charge in [0, 0.05) is 18.7 Å². The Bertz CT molecular complexity index is 450. The standard InChI is InChI=1S/C13H20N2O3.ClH/c1-14-10-4-3-5-15(7-10)8-11-6-12(16)13(17-2)9-18-11;/h6,9-10,14H,3-5,7-8H2,1-2H3;1H. The van der Waals surface area contributed by atoms with E-state index in [1.807, 2.05) is 7.05 Å². The van der Waals surface area contributed by atoms with E-state index >= 15 is 0 Å². The fraction of sp³-hybridized carbons (Fsp3) is 0.615. The van der Waals surface area contributed by atoms with Crippen molar-refractivity contribution in [1.29, 1.82) is 0 Å². The number of ether oxygens (including phenoxy) is 1. The molecule has 0 bridgehead atoms. The maximum atomic E-state index is 11.6. The van der Waals surface area contributed by atoms with E-state index < -0.39 is 0 Å². The molecule has 1 saturated heterocycles. The third kappa shape index (κ3) is 4.23. The largest absolute Gasteiger partial charge is 0.490 e. The number of likely N-dealkylation sites (tertiary alicyclic amines) is 1. The van der Waals surface area contributed by atoms with Crippen LogP contribution in [-0.2, 0) is 6.54 Å². The molecular formula is C13H21ClN2O3. The number of rotatable bonds is 4. The highest BCUT2D eigenvalue weighted by atomic mass is 35.5. The van der Waals surface area contributed by atoms with Crippen LogP contribution in [0, 0.1) is 0 Å². The lowest BCUT2D eigenvalue weighted by Crippen LogP contribution is -2.43. The fourth-order valence-corrected chi connectivity index (χ4v) is 2.33. The highest BCUT2D eigenvalue weighted by Gasteiger charge is 2.19. The van der Waals surface area contributed by atoms with Gasteiger partial charge in [0.1, 0.15) is 12.0 Å². The lowest BCUT2D eigenvalue weighted by Gasteiger charge is -2.31. The molecule has 1 aliphatic rings. The van der Waals surface area contributed by atoms with Gasteiger partial charge >= 0.3 is 0 Å². The molecule has 0 aliphatic carbocycles. The maximum Gasteiger partial charge on any atom is 0.227 e. The lowest BCUT2D eigenvalue weighted by atomic mass is 10.1. The molecule has 108 valence electrons. The van der Waals surface area contributed by atoms with E-state index in [1.54, 1.807) is 0 Å². The Labute approximate surface area is 119 Å². The number of piperidine rings is 1. The van der Waals surface area contributed by atoms with Gasteiger partial charge in [-0.1, -0.05) is 0 Å². The van der Waals surface area contributed by atoms with Gasteiger partial charge in [0.15, 0.2) is 0 Å². The van der Waals surface area contributed by atoms with Crippen LogP contribution < -0.4 is 15.5 Å². The Morgan fingerprint density at radius 2 is 2.37 bits per heavy atom. The van der Waals surface area contributed by atoms with Crippen LogP contribution in [0.1, 0.15) is 18.6 Å². The fourth-order valence-electron chi connectivity index (χ4n) is 2.33. The Balaban J connectivity index is 0.00000180. The summed E-state index contributed by atoms with van der Waals surface area (Å²) < 4.78 is 10.3. The van der Waals surface area contributed by atoms with Crippen molar-refractivity contribution < 1.29 is 9.15 Å². The smallest absolute Gasteiger partial charge is 0.227 e. The summed E-state index contributed by atoms with van der Waals surface area (Å²) in [6.45, 7) is 2.72. The number of hydrogen-bond acceptors (Lipinski definition) is 5. The van der Waals surface area contributed by atoms with Crippen molar-refractivity contribution >= 4 is 12.4 Å². The van der Waals surface area contributed by atoms with Gasteiger partial charge in [0.05, 0.1) is 13.7 Å². The van der Waals surface area contributed by atoms with Gasteiger partial charge < -0.3 is 14.5 Å². The first-order valence-electron chi connectivity index (χ1n) is 6.28. The van der Waals surface area contributed by atoms with Crippen LogP contribution in [0.4, 0.5) is 0 Å². The van der Waals surface area contributed by atoms with Crippen molar-refractivity contribution in [3.63, 3.8) is 0 Å². The Kier molecular flexibility index (Phi) is 6.34. The van der Waals surface area contributed by atoms with Crippen LogP contribution in [0.5, 0.6) is 5.75 Å². The summed E-state index contributed by atoms with van der Waals surface area (Å²) in [5, 5.41) is 3.30. The lowest BCUT2D eigenvalue weighted by molar-refractivity contribution is 0.174. The first-order valence-corrected chi connectivity index (χ1v) is 6.28. The molecule has 5 nitrogen and oxygen atoms in total. The van der Waals surface area contributed by atoms with Crippen molar-refractivity contribution in [1.82, 2.24) is 10.2 Å². The molecule has 1 aliphatic heterocycles. The SMILES string of the molecule is CNC1CCCN(Cc2cc(=O)c(OC)co2)C1.Cl. The molecule has 6 heteroatoms. The van der Waals surface area contributed by atoms with E-state index in [2.05, 4.69) is 10.2 Å². The molecule has 2 heterocycles. The molecule has 0 spiro atoms. The number of hydrogen-bond donors (Lipinski definition) is 1. The van der Waals surface area contributed by atoms with E-state index in [0.29, 0.717) is 18.3 Å². The zero-order chi connectivity index (χ0) is 13.0. The van der Waals surface area contributed by atoms with E-state index in [-0.39, 0.29) is 23.6 Å². The van der Waals surface area contributed by atoms with Crippen molar-refractivity contribution in [2.75, 3.05) is 27.2 Å². The minimum absolute atomic E-state index is 0. The number of halogens is 1. The van der Waals surface area contributed by atoms with Crippen LogP contribution in [0.3, 0.4) is 0 Å². The average molecular weight is 289 g/mol. The molecule has 1 fully saturated rings. The van der Waals surface area contributed by atoms with Gasteiger partial charge in [-0.2, -0.15) is 0 Å². The zero-order valence-electron chi connectivity index (χ0n) is 11.3. The Morgan fingerprint density at radius 3 is 3.00 bits per heavy atom. The van der Waals surface area contributed by atoms with Crippen molar-refractivity contribution in [3.8, 4) is 5.75 Å². The van der Waals surface area contributed by atoms with Crippen LogP contribution in [0.2, 0.25) is 0 Å². The highest BCUT2D eigenvalue weighted by molar-refractivity contribution is 5.85. The maximum absolute atomic E-state index is 11.6. The van der Waals surface area contributed by atoms with Crippen LogP contribution in [-0.4, -0.2) is 38.2 Å². The van der Waals surface area contributed by atoms with Gasteiger partial charge in [0.2, 0.25) is 11.2 Å². The Hall–Kier alpha value is -1.04. The minimum atomic E-state index is -0.124. The topological polar surface area (TPSA) is 54.7 Å². The average Bonchev–Trinajstić information content (AvgIpc) is 2.39. The molecule has 1 unspecified atom stereocenters. The number of nitrogens with zero attached hydrogens (tertiary/aromatic N) is 1. The van der Waals surface area contributed by atoms with Gasteiger partial charge in [-0.25, -0.2) is 0 Å². The van der Waals surface area contributed by atoms with E-state index in [4.69, 9.17) is 9.15 Å². The summed E-state index contributed by atoms with van der Waals surface area (Å²) in [6.07, 6.45) is 3.77. The van der Waals surface area contributed by atoms with Crippen molar-refractivity contribution in [2.45, 2.75) is 25.4 Å². The Morgan fingerprint density at radius 1 is 1.58 bits per heavy atom. The number of nitrogens with one attached hydrogen (secondary N) is 1. The van der Waals surface area contributed by atoms with Crippen molar-refractivity contribution in [2.24, 2.45) is 0 Å². The second-order valence-electron chi connectivity index (χ2n) is 4.64. The minimum Gasteiger partial charge on any atom is -0.490 e. The van der Waals surface area contributed by atoms with Gasteiger partial charge in [-0.3, -0.25) is 9.69 Å². The van der Waals surface area contributed by atoms with Gasteiger partial charge in [-0.05, 0) is 26.4 Å². The molecule has 1 aromatic heterocycles. The first kappa shape index (κ1) is 16.0. The molecule has 1 N–H and O–H groups in total. The van der Waals surface area contributed by atoms with Crippen LogP contribution in [0.25, 0.3) is 0 Å². The first-order chi connectivity index (χ1) is 8.72. The molecule has 0 saturated carbocycles. The van der Waals surface area contributed by atoms with E-state index in [0.717, 1.165) is 13.1 Å². The molecule has 1 aromatic rings. The highest BCUT2D eigenvalue weighted by Crippen LogP contribution is 2.14. The summed E-state index contributed by atoms with van der Waals surface area (Å²) in [5.74, 6) is 0.947. The van der Waals surface area contributed by atoms with Crippen molar-refractivity contribution in [3.05, 3.63) is 28.3 Å². The van der Waals surface area contributed by atoms with E-state index in [1.165, 1.54) is 32.3 Å². The molecule has 0 aromatic carbocycles. The third-order valence-electron chi connectivity index (χ3n) is 3.37. The third-order valence-corrected chi connectivity index (χ3v) is 3.37. The zero-order valence-corrected chi connectivity index (χ0v) is 12.2. The molecule has 2 rings (SSSR count). The predicted octanol–water partition coefficient (Wildman–Crippen LogP) is 1.25. The molecule has 0 amide bonds. The molecule has 1 atom stereocenters. The monoisotopic (exact) mass is 288 g/mol. The number of likely N-dealkylation sites (N-methyl/N-ethyl adjacent to an activating group) is 1. The molecule has 0 radical (unpaired) electrons. The summed E-state index contributed by atoms with van der Waals surface area (Å²) in [4.78, 5) is 13.9. The van der Waals surface area contributed by atoms with Crippen LogP contribution >= 0.6 is 12.4 Å². The number of methoxy groups -OCH3 is 1. The van der Waals surface area contributed by atoms with Gasteiger partial charge in [0.25, 0.3) is 0 Å². The summed E-state index contributed by atoms with van der Waals surface area (Å²) in [5.41, 5.74) is -0.124. The summed E-state index contributed by atoms with van der Waals surface area (Å²) in [7, 11) is 3.45. The van der Waals surface area contributed by atoms with E-state index in [9.17, 15) is 4.79 Å². The quantitative estimate of drug-likeness (QED) is 0.904. The molecule has 19 heavy (non-hydrogen) atoms. The van der Waals surface area contributed by atoms with Gasteiger partial charge in [-0.15, -0.1) is 12.4 Å². The second kappa shape index (κ2) is 7.53. The summed E-state index contributed by atoms with van der Waals surface area (Å²) >= 11 is 0. The summed E-state index contributed by atoms with van der Waals surface area (Å²) in [6, 6.07) is 2.05. The predicted molar refractivity (Wildman–Crippen MR) is 76.1 cm³/mol. The normalized spacial score (nSPS) is 19.8.